The van der Waals surface area contributed by atoms with Crippen LogP contribution in [-0.4, -0.2) is 37.4 Å². The molecule has 0 spiro atoms. The van der Waals surface area contributed by atoms with Crippen molar-refractivity contribution in [2.45, 2.75) is 45.3 Å². The van der Waals surface area contributed by atoms with Gasteiger partial charge in [-0.3, -0.25) is 0 Å². The summed E-state index contributed by atoms with van der Waals surface area (Å²) in [7, 11) is 3.26. The number of carbonyl (C=O) groups is 1. The Morgan fingerprint density at radius 1 is 1.14 bits per heavy atom. The lowest BCUT2D eigenvalue weighted by molar-refractivity contribution is 0.0141. The van der Waals surface area contributed by atoms with E-state index >= 15 is 0 Å². The van der Waals surface area contributed by atoms with Crippen molar-refractivity contribution < 1.29 is 19.0 Å². The highest BCUT2D eigenvalue weighted by Gasteiger charge is 2.35. The average molecular weight is 462 g/mol. The smallest absolute Gasteiger partial charge is 0.410 e. The lowest BCUT2D eigenvalue weighted by atomic mass is 9.88. The van der Waals surface area contributed by atoms with E-state index in [1.54, 1.807) is 14.2 Å². The number of ether oxygens (including phenoxy) is 3. The van der Waals surface area contributed by atoms with Crippen LogP contribution < -0.4 is 9.47 Å². The van der Waals surface area contributed by atoms with Gasteiger partial charge in [0.2, 0.25) is 0 Å². The van der Waals surface area contributed by atoms with Gasteiger partial charge in [-0.05, 0) is 68.5 Å². The van der Waals surface area contributed by atoms with Gasteiger partial charge in [0.25, 0.3) is 0 Å². The van der Waals surface area contributed by atoms with Crippen molar-refractivity contribution in [3.8, 4) is 11.5 Å². The Bertz CT molecular complexity index is 891. The average Bonchev–Trinajstić information content (AvgIpc) is 2.67. The summed E-state index contributed by atoms with van der Waals surface area (Å²) in [6.45, 7) is 6.25. The van der Waals surface area contributed by atoms with Crippen LogP contribution in [0.5, 0.6) is 11.5 Å². The SMILES string of the molecule is COc1cc2c(cc1OC)C(Cc1ccccc1Br)N(C(=O)OC(C)(C)C)CC2. The third-order valence-electron chi connectivity index (χ3n) is 5.00. The number of benzene rings is 2. The zero-order valence-corrected chi connectivity index (χ0v) is 19.2. The number of fused-ring (bicyclic) bond motifs is 1. The van der Waals surface area contributed by atoms with E-state index in [4.69, 9.17) is 14.2 Å². The van der Waals surface area contributed by atoms with E-state index in [-0.39, 0.29) is 12.1 Å². The number of nitrogens with zero attached hydrogens (tertiary/aromatic N) is 1. The summed E-state index contributed by atoms with van der Waals surface area (Å²) >= 11 is 3.64. The fourth-order valence-electron chi connectivity index (χ4n) is 3.66. The van der Waals surface area contributed by atoms with Gasteiger partial charge in [-0.15, -0.1) is 0 Å². The first-order chi connectivity index (χ1) is 13.7. The summed E-state index contributed by atoms with van der Waals surface area (Å²) in [6, 6.07) is 11.9. The number of hydrogen-bond donors (Lipinski definition) is 0. The molecular weight excluding hydrogens is 434 g/mol. The summed E-state index contributed by atoms with van der Waals surface area (Å²) in [5, 5.41) is 0. The summed E-state index contributed by atoms with van der Waals surface area (Å²) in [4.78, 5) is 14.9. The van der Waals surface area contributed by atoms with Gasteiger partial charge >= 0.3 is 6.09 Å². The molecule has 2 aromatic carbocycles. The van der Waals surface area contributed by atoms with Crippen LogP contribution in [-0.2, 0) is 17.6 Å². The van der Waals surface area contributed by atoms with E-state index in [9.17, 15) is 4.79 Å². The van der Waals surface area contributed by atoms with Gasteiger partial charge in [-0.1, -0.05) is 34.1 Å². The van der Waals surface area contributed by atoms with Crippen molar-refractivity contribution >= 4 is 22.0 Å². The second kappa shape index (κ2) is 8.66. The van der Waals surface area contributed by atoms with Crippen molar-refractivity contribution in [1.29, 1.82) is 0 Å². The topological polar surface area (TPSA) is 48.0 Å². The summed E-state index contributed by atoms with van der Waals surface area (Å²) in [5.41, 5.74) is 2.82. The van der Waals surface area contributed by atoms with Crippen molar-refractivity contribution in [3.63, 3.8) is 0 Å². The molecule has 3 rings (SSSR count). The molecule has 29 heavy (non-hydrogen) atoms. The minimum atomic E-state index is -0.549. The van der Waals surface area contributed by atoms with Gasteiger partial charge < -0.3 is 19.1 Å². The molecule has 0 aliphatic carbocycles. The van der Waals surface area contributed by atoms with Crippen LogP contribution >= 0.6 is 15.9 Å². The highest BCUT2D eigenvalue weighted by molar-refractivity contribution is 9.10. The Morgan fingerprint density at radius 3 is 2.41 bits per heavy atom. The number of halogens is 1. The van der Waals surface area contributed by atoms with E-state index in [1.165, 1.54) is 5.56 Å². The van der Waals surface area contributed by atoms with Crippen LogP contribution in [0.25, 0.3) is 0 Å². The molecular formula is C23H28BrNO4. The second-order valence-corrected chi connectivity index (χ2v) is 9.00. The third kappa shape index (κ3) is 4.86. The van der Waals surface area contributed by atoms with Crippen LogP contribution in [0.3, 0.4) is 0 Å². The molecule has 0 aromatic heterocycles. The molecule has 0 saturated heterocycles. The summed E-state index contributed by atoms with van der Waals surface area (Å²) in [6.07, 6.45) is 1.11. The standard InChI is InChI=1S/C23H28BrNO4/c1-23(2,3)29-22(26)25-11-10-15-13-20(27-4)21(28-5)14-17(15)19(25)12-16-8-6-7-9-18(16)24/h6-9,13-14,19H,10-12H2,1-5H3. The lowest BCUT2D eigenvalue weighted by Gasteiger charge is -2.38. The molecule has 156 valence electrons. The maximum Gasteiger partial charge on any atom is 0.410 e. The maximum atomic E-state index is 13.0. The Balaban J connectivity index is 2.05. The molecule has 5 nitrogen and oxygen atoms in total. The first kappa shape index (κ1) is 21.5. The number of amides is 1. The number of rotatable bonds is 4. The number of carbonyl (C=O) groups excluding carboxylic acids is 1. The molecule has 0 N–H and O–H groups in total. The Labute approximate surface area is 181 Å². The van der Waals surface area contributed by atoms with Crippen molar-refractivity contribution in [3.05, 3.63) is 57.6 Å². The molecule has 6 heteroatoms. The molecule has 1 heterocycles. The molecule has 1 aliphatic heterocycles. The molecule has 0 fully saturated rings. The quantitative estimate of drug-likeness (QED) is 0.599. The summed E-state index contributed by atoms with van der Waals surface area (Å²) in [5.74, 6) is 1.37. The fraction of sp³-hybridized carbons (Fsp3) is 0.435. The zero-order valence-electron chi connectivity index (χ0n) is 17.6. The Morgan fingerprint density at radius 2 is 1.79 bits per heavy atom. The third-order valence-corrected chi connectivity index (χ3v) is 5.78. The minimum Gasteiger partial charge on any atom is -0.493 e. The maximum absolute atomic E-state index is 13.0. The van der Waals surface area contributed by atoms with E-state index in [1.807, 2.05) is 56.0 Å². The zero-order chi connectivity index (χ0) is 21.2. The van der Waals surface area contributed by atoms with Gasteiger partial charge in [-0.2, -0.15) is 0 Å². The molecule has 0 radical (unpaired) electrons. The Hall–Kier alpha value is -2.21. The monoisotopic (exact) mass is 461 g/mol. The van der Waals surface area contributed by atoms with Crippen molar-refractivity contribution in [1.82, 2.24) is 4.90 Å². The highest BCUT2D eigenvalue weighted by atomic mass is 79.9. The number of methoxy groups -OCH3 is 2. The van der Waals surface area contributed by atoms with E-state index in [0.717, 1.165) is 22.0 Å². The number of hydrogen-bond acceptors (Lipinski definition) is 4. The van der Waals surface area contributed by atoms with Gasteiger partial charge in [-0.25, -0.2) is 4.79 Å². The minimum absolute atomic E-state index is 0.160. The Kier molecular flexibility index (Phi) is 6.42. The molecule has 1 amide bonds. The van der Waals surface area contributed by atoms with E-state index in [2.05, 4.69) is 22.0 Å². The van der Waals surface area contributed by atoms with E-state index in [0.29, 0.717) is 24.5 Å². The van der Waals surface area contributed by atoms with Gasteiger partial charge in [0, 0.05) is 11.0 Å². The molecule has 1 aliphatic rings. The van der Waals surface area contributed by atoms with Gasteiger partial charge in [0.05, 0.1) is 20.3 Å². The summed E-state index contributed by atoms with van der Waals surface area (Å²) < 4.78 is 17.7. The second-order valence-electron chi connectivity index (χ2n) is 8.14. The first-order valence-corrected chi connectivity index (χ1v) is 10.5. The molecule has 0 bridgehead atoms. The first-order valence-electron chi connectivity index (χ1n) is 9.71. The van der Waals surface area contributed by atoms with Crippen molar-refractivity contribution in [2.24, 2.45) is 0 Å². The molecule has 0 saturated carbocycles. The van der Waals surface area contributed by atoms with E-state index < -0.39 is 5.60 Å². The molecule has 2 aromatic rings. The van der Waals surface area contributed by atoms with Crippen LogP contribution in [0.15, 0.2) is 40.9 Å². The van der Waals surface area contributed by atoms with Gasteiger partial charge in [0.1, 0.15) is 5.60 Å². The van der Waals surface area contributed by atoms with Crippen LogP contribution in [0, 0.1) is 0 Å². The predicted molar refractivity (Wildman–Crippen MR) is 117 cm³/mol. The highest BCUT2D eigenvalue weighted by Crippen LogP contribution is 2.40. The van der Waals surface area contributed by atoms with Crippen LogP contribution in [0.4, 0.5) is 4.79 Å². The predicted octanol–water partition coefficient (Wildman–Crippen LogP) is 5.54. The largest absolute Gasteiger partial charge is 0.493 e. The molecule has 1 unspecified atom stereocenters. The van der Waals surface area contributed by atoms with Gasteiger partial charge in [0.15, 0.2) is 11.5 Å². The fourth-order valence-corrected chi connectivity index (χ4v) is 4.11. The van der Waals surface area contributed by atoms with Crippen LogP contribution in [0.1, 0.15) is 43.5 Å². The normalized spacial score (nSPS) is 16.2. The van der Waals surface area contributed by atoms with Crippen LogP contribution in [0.2, 0.25) is 0 Å². The molecule has 1 atom stereocenters. The lowest BCUT2D eigenvalue weighted by Crippen LogP contribution is -2.43. The van der Waals surface area contributed by atoms with Crippen molar-refractivity contribution in [2.75, 3.05) is 20.8 Å².